The average molecular weight is 285 g/mol. The van der Waals surface area contributed by atoms with Gasteiger partial charge >= 0.3 is 6.18 Å². The Kier molecular flexibility index (Phi) is 3.57. The van der Waals surface area contributed by atoms with E-state index < -0.39 is 17.6 Å². The zero-order valence-corrected chi connectivity index (χ0v) is 10.5. The van der Waals surface area contributed by atoms with Gasteiger partial charge in [0, 0.05) is 11.8 Å². The van der Waals surface area contributed by atoms with Gasteiger partial charge in [0.1, 0.15) is 17.3 Å². The van der Waals surface area contributed by atoms with Crippen molar-refractivity contribution in [3.05, 3.63) is 53.3 Å². The van der Waals surface area contributed by atoms with E-state index in [2.05, 4.69) is 0 Å². The number of halogens is 4. The monoisotopic (exact) mass is 285 g/mol. The maximum Gasteiger partial charge on any atom is 0.418 e. The Balaban J connectivity index is 2.32. The predicted octanol–water partition coefficient (Wildman–Crippen LogP) is 4.53. The smallest absolute Gasteiger partial charge is 0.418 e. The average Bonchev–Trinajstić information content (AvgIpc) is 2.35. The van der Waals surface area contributed by atoms with Crippen LogP contribution < -0.4 is 10.5 Å². The van der Waals surface area contributed by atoms with E-state index >= 15 is 0 Å². The molecule has 0 atom stereocenters. The van der Waals surface area contributed by atoms with Crippen molar-refractivity contribution in [2.24, 2.45) is 0 Å². The van der Waals surface area contributed by atoms with Crippen LogP contribution in [0.4, 0.5) is 23.2 Å². The van der Waals surface area contributed by atoms with Crippen LogP contribution in [0.2, 0.25) is 0 Å². The summed E-state index contributed by atoms with van der Waals surface area (Å²) in [5, 5.41) is 0. The van der Waals surface area contributed by atoms with E-state index in [9.17, 15) is 17.6 Å². The summed E-state index contributed by atoms with van der Waals surface area (Å²) < 4.78 is 56.6. The number of alkyl halides is 3. The highest BCUT2D eigenvalue weighted by Crippen LogP contribution is 2.36. The van der Waals surface area contributed by atoms with Crippen LogP contribution in [0.25, 0.3) is 0 Å². The van der Waals surface area contributed by atoms with Gasteiger partial charge in [0.15, 0.2) is 0 Å². The van der Waals surface area contributed by atoms with E-state index in [0.29, 0.717) is 5.56 Å². The molecule has 2 nitrogen and oxygen atoms in total. The molecule has 0 radical (unpaired) electrons. The van der Waals surface area contributed by atoms with Crippen molar-refractivity contribution in [2.75, 3.05) is 5.73 Å². The first-order valence-electron chi connectivity index (χ1n) is 5.68. The number of aryl methyl sites for hydroxylation is 1. The molecule has 0 saturated heterocycles. The molecule has 20 heavy (non-hydrogen) atoms. The molecular formula is C14H11F4NO. The third-order valence-electron chi connectivity index (χ3n) is 2.71. The minimum Gasteiger partial charge on any atom is -0.457 e. The Morgan fingerprint density at radius 3 is 2.20 bits per heavy atom. The van der Waals surface area contributed by atoms with Gasteiger partial charge in [-0.05, 0) is 36.8 Å². The van der Waals surface area contributed by atoms with Gasteiger partial charge in [-0.15, -0.1) is 0 Å². The molecule has 0 unspecified atom stereocenters. The predicted molar refractivity (Wildman–Crippen MR) is 67.1 cm³/mol. The van der Waals surface area contributed by atoms with Crippen LogP contribution in [0, 0.1) is 12.7 Å². The highest BCUT2D eigenvalue weighted by atomic mass is 19.4. The van der Waals surface area contributed by atoms with Crippen molar-refractivity contribution in [2.45, 2.75) is 13.1 Å². The van der Waals surface area contributed by atoms with Gasteiger partial charge in [-0.1, -0.05) is 6.07 Å². The van der Waals surface area contributed by atoms with Gasteiger partial charge in [-0.25, -0.2) is 4.39 Å². The van der Waals surface area contributed by atoms with E-state index in [-0.39, 0.29) is 17.2 Å². The molecule has 6 heteroatoms. The van der Waals surface area contributed by atoms with Crippen molar-refractivity contribution < 1.29 is 22.3 Å². The summed E-state index contributed by atoms with van der Waals surface area (Å²) in [6.45, 7) is 1.57. The molecule has 0 bridgehead atoms. The molecule has 2 aromatic carbocycles. The first kappa shape index (κ1) is 14.2. The molecule has 2 N–H and O–H groups in total. The standard InChI is InChI=1S/C14H11F4NO/c1-8-2-3-10(7-12(8)15)20-9-4-5-13(19)11(6-9)14(16,17)18/h2-7H,19H2,1H3. The van der Waals surface area contributed by atoms with E-state index in [1.807, 2.05) is 0 Å². The minimum atomic E-state index is -4.57. The summed E-state index contributed by atoms with van der Waals surface area (Å²) in [5.41, 5.74) is 4.33. The van der Waals surface area contributed by atoms with E-state index in [1.165, 1.54) is 18.2 Å². The summed E-state index contributed by atoms with van der Waals surface area (Å²) in [6, 6.07) is 7.24. The first-order chi connectivity index (χ1) is 9.27. The molecular weight excluding hydrogens is 274 g/mol. The number of rotatable bonds is 2. The summed E-state index contributed by atoms with van der Waals surface area (Å²) in [6.07, 6.45) is -4.57. The van der Waals surface area contributed by atoms with Gasteiger partial charge in [0.05, 0.1) is 5.56 Å². The lowest BCUT2D eigenvalue weighted by Crippen LogP contribution is -2.08. The van der Waals surface area contributed by atoms with Crippen LogP contribution >= 0.6 is 0 Å². The number of nitrogen functional groups attached to an aromatic ring is 1. The molecule has 0 aromatic heterocycles. The maximum atomic E-state index is 13.3. The van der Waals surface area contributed by atoms with Gasteiger partial charge < -0.3 is 10.5 Å². The Labute approximate surface area is 112 Å². The normalized spacial score (nSPS) is 11.4. The topological polar surface area (TPSA) is 35.2 Å². The van der Waals surface area contributed by atoms with Crippen LogP contribution in [0.1, 0.15) is 11.1 Å². The molecule has 0 fully saturated rings. The SMILES string of the molecule is Cc1ccc(Oc2ccc(N)c(C(F)(F)F)c2)cc1F. The Bertz CT molecular complexity index is 638. The summed E-state index contributed by atoms with van der Waals surface area (Å²) in [7, 11) is 0. The van der Waals surface area contributed by atoms with Crippen molar-refractivity contribution in [1.82, 2.24) is 0 Å². The Morgan fingerprint density at radius 1 is 1.00 bits per heavy atom. The molecule has 0 aliphatic carbocycles. The first-order valence-corrected chi connectivity index (χ1v) is 5.68. The zero-order valence-electron chi connectivity index (χ0n) is 10.5. The van der Waals surface area contributed by atoms with E-state index in [0.717, 1.165) is 18.2 Å². The highest BCUT2D eigenvalue weighted by molar-refractivity contribution is 5.52. The molecule has 0 spiro atoms. The fourth-order valence-corrected chi connectivity index (χ4v) is 1.62. The molecule has 0 heterocycles. The molecule has 0 aliphatic rings. The van der Waals surface area contributed by atoms with Gasteiger partial charge in [0.2, 0.25) is 0 Å². The molecule has 106 valence electrons. The lowest BCUT2D eigenvalue weighted by atomic mass is 10.1. The second kappa shape index (κ2) is 5.03. The van der Waals surface area contributed by atoms with Crippen molar-refractivity contribution in [1.29, 1.82) is 0 Å². The third-order valence-corrected chi connectivity index (χ3v) is 2.71. The van der Waals surface area contributed by atoms with Gasteiger partial charge in [-0.2, -0.15) is 13.2 Å². The fraction of sp³-hybridized carbons (Fsp3) is 0.143. The lowest BCUT2D eigenvalue weighted by Gasteiger charge is -2.12. The van der Waals surface area contributed by atoms with Crippen LogP contribution in [0.3, 0.4) is 0 Å². The zero-order chi connectivity index (χ0) is 14.9. The van der Waals surface area contributed by atoms with Crippen LogP contribution in [-0.4, -0.2) is 0 Å². The highest BCUT2D eigenvalue weighted by Gasteiger charge is 2.33. The second-order valence-electron chi connectivity index (χ2n) is 4.26. The van der Waals surface area contributed by atoms with E-state index in [4.69, 9.17) is 10.5 Å². The van der Waals surface area contributed by atoms with E-state index in [1.54, 1.807) is 6.92 Å². The van der Waals surface area contributed by atoms with Crippen LogP contribution in [0.5, 0.6) is 11.5 Å². The summed E-state index contributed by atoms with van der Waals surface area (Å²) in [5.74, 6) is -0.435. The lowest BCUT2D eigenvalue weighted by molar-refractivity contribution is -0.137. The Morgan fingerprint density at radius 2 is 1.60 bits per heavy atom. The maximum absolute atomic E-state index is 13.3. The number of nitrogens with two attached hydrogens (primary N) is 1. The van der Waals surface area contributed by atoms with Crippen molar-refractivity contribution in [3.8, 4) is 11.5 Å². The number of anilines is 1. The largest absolute Gasteiger partial charge is 0.457 e. The number of benzene rings is 2. The second-order valence-corrected chi connectivity index (χ2v) is 4.26. The summed E-state index contributed by atoms with van der Waals surface area (Å²) in [4.78, 5) is 0. The molecule has 2 rings (SSSR count). The fourth-order valence-electron chi connectivity index (χ4n) is 1.62. The van der Waals surface area contributed by atoms with Crippen molar-refractivity contribution >= 4 is 5.69 Å². The van der Waals surface area contributed by atoms with Gasteiger partial charge in [-0.3, -0.25) is 0 Å². The number of hydrogen-bond acceptors (Lipinski definition) is 2. The van der Waals surface area contributed by atoms with Crippen LogP contribution in [0.15, 0.2) is 36.4 Å². The van der Waals surface area contributed by atoms with Crippen molar-refractivity contribution in [3.63, 3.8) is 0 Å². The minimum absolute atomic E-state index is 0.0604. The van der Waals surface area contributed by atoms with Crippen LogP contribution in [-0.2, 0) is 6.18 Å². The summed E-state index contributed by atoms with van der Waals surface area (Å²) >= 11 is 0. The molecule has 0 amide bonds. The quantitative estimate of drug-likeness (QED) is 0.650. The number of ether oxygens (including phenoxy) is 1. The molecule has 0 aliphatic heterocycles. The third kappa shape index (κ3) is 3.01. The number of hydrogen-bond donors (Lipinski definition) is 1. The molecule has 2 aromatic rings. The van der Waals surface area contributed by atoms with Gasteiger partial charge in [0.25, 0.3) is 0 Å². The Hall–Kier alpha value is -2.24. The molecule has 0 saturated carbocycles.